The van der Waals surface area contributed by atoms with Crippen molar-refractivity contribution >= 4 is 12.6 Å². The highest BCUT2D eigenvalue weighted by Gasteiger charge is 2.55. The fourth-order valence-corrected chi connectivity index (χ4v) is 7.85. The Balaban J connectivity index is 1.49. The molecule has 7 rings (SSSR count). The monoisotopic (exact) mass is 476 g/mol. The molecule has 1 aliphatic heterocycles. The Morgan fingerprint density at radius 1 is 0.611 bits per heavy atom. The lowest BCUT2D eigenvalue weighted by Crippen LogP contribution is -2.41. The van der Waals surface area contributed by atoms with Gasteiger partial charge in [0.25, 0.3) is 0 Å². The van der Waals surface area contributed by atoms with Crippen LogP contribution < -0.4 is 5.46 Å². The molecule has 2 fully saturated rings. The number of hydrogen-bond acceptors (Lipinski definition) is 2. The summed E-state index contributed by atoms with van der Waals surface area (Å²) in [7, 11) is -0.354. The first-order valence-corrected chi connectivity index (χ1v) is 13.9. The summed E-state index contributed by atoms with van der Waals surface area (Å²) < 4.78 is 13.2. The maximum Gasteiger partial charge on any atom is 0.495 e. The summed E-state index contributed by atoms with van der Waals surface area (Å²) in [6, 6.07) is 20.9. The molecular weight excluding hydrogens is 439 g/mol. The molecule has 0 amide bonds. The second kappa shape index (κ2) is 7.14. The molecule has 3 aromatic rings. The predicted octanol–water partition coefficient (Wildman–Crippen LogP) is 7.52. The van der Waals surface area contributed by atoms with Crippen LogP contribution in [-0.4, -0.2) is 18.3 Å². The molecule has 1 heterocycles. The van der Waals surface area contributed by atoms with Gasteiger partial charge in [0.15, 0.2) is 0 Å². The van der Waals surface area contributed by atoms with Crippen LogP contribution in [0.1, 0.15) is 95.9 Å². The Morgan fingerprint density at radius 3 is 2.00 bits per heavy atom. The Labute approximate surface area is 216 Å². The average Bonchev–Trinajstić information content (AvgIpc) is 3.35. The van der Waals surface area contributed by atoms with E-state index in [-0.39, 0.29) is 29.2 Å². The van der Waals surface area contributed by atoms with Crippen molar-refractivity contribution in [2.45, 2.75) is 95.7 Å². The number of hydrogen-bond donors (Lipinski definition) is 0. The van der Waals surface area contributed by atoms with E-state index in [1.54, 1.807) is 11.1 Å². The smallest absolute Gasteiger partial charge is 0.399 e. The minimum Gasteiger partial charge on any atom is -0.399 e. The lowest BCUT2D eigenvalue weighted by molar-refractivity contribution is 0.00578. The molecule has 3 aliphatic carbocycles. The molecule has 36 heavy (non-hydrogen) atoms. The van der Waals surface area contributed by atoms with Crippen molar-refractivity contribution in [3.05, 3.63) is 76.9 Å². The normalized spacial score (nSPS) is 23.3. The van der Waals surface area contributed by atoms with Gasteiger partial charge in [0.05, 0.1) is 11.2 Å². The van der Waals surface area contributed by atoms with E-state index in [0.29, 0.717) is 0 Å². The average molecular weight is 476 g/mol. The molecule has 0 N–H and O–H groups in total. The van der Waals surface area contributed by atoms with Crippen molar-refractivity contribution in [3.8, 4) is 22.3 Å². The molecule has 4 aliphatic rings. The Bertz CT molecular complexity index is 1390. The van der Waals surface area contributed by atoms with E-state index in [0.717, 1.165) is 0 Å². The number of benzene rings is 3. The summed E-state index contributed by atoms with van der Waals surface area (Å²) in [4.78, 5) is 0. The van der Waals surface area contributed by atoms with E-state index in [1.807, 2.05) is 0 Å². The van der Waals surface area contributed by atoms with Crippen LogP contribution in [0.2, 0.25) is 0 Å². The predicted molar refractivity (Wildman–Crippen MR) is 149 cm³/mol. The lowest BCUT2D eigenvalue weighted by atomic mass is 9.66. The van der Waals surface area contributed by atoms with Gasteiger partial charge in [-0.15, -0.1) is 0 Å². The quantitative estimate of drug-likeness (QED) is 0.338. The van der Waals surface area contributed by atoms with Crippen molar-refractivity contribution < 1.29 is 9.31 Å². The lowest BCUT2D eigenvalue weighted by Gasteiger charge is -2.37. The summed E-state index contributed by atoms with van der Waals surface area (Å²) in [6.07, 6.45) is 6.46. The van der Waals surface area contributed by atoms with Gasteiger partial charge in [-0.25, -0.2) is 0 Å². The summed E-state index contributed by atoms with van der Waals surface area (Å²) >= 11 is 0. The highest BCUT2D eigenvalue weighted by molar-refractivity contribution is 6.63. The molecule has 1 spiro atoms. The fraction of sp³-hybridized carbons (Fsp3) is 0.455. The standard InChI is InChI=1S/C33H37BO2/c1-30(2)25-18-17-22-21-13-8-9-15-24(21)33(19-10-7-11-20-33)29(22)27(25)23-14-12-16-26(28(23)30)34-35-31(3,4)32(5,6)36-34/h8-9,12-18H,7,10-11,19-20H2,1-6H3. The van der Waals surface area contributed by atoms with Crippen LogP contribution in [0, 0.1) is 0 Å². The van der Waals surface area contributed by atoms with Crippen LogP contribution >= 0.6 is 0 Å². The molecule has 0 aromatic heterocycles. The van der Waals surface area contributed by atoms with Gasteiger partial charge in [-0.3, -0.25) is 0 Å². The molecule has 0 bridgehead atoms. The summed E-state index contributed by atoms with van der Waals surface area (Å²) in [6.45, 7) is 13.4. The van der Waals surface area contributed by atoms with E-state index in [1.165, 1.54) is 70.9 Å². The zero-order chi connectivity index (χ0) is 25.1. The molecule has 184 valence electrons. The van der Waals surface area contributed by atoms with Crippen molar-refractivity contribution in [1.82, 2.24) is 0 Å². The summed E-state index contributed by atoms with van der Waals surface area (Å²) in [5.41, 5.74) is 12.3. The van der Waals surface area contributed by atoms with Gasteiger partial charge >= 0.3 is 7.12 Å². The molecule has 0 unspecified atom stereocenters. The maximum atomic E-state index is 6.60. The zero-order valence-corrected chi connectivity index (χ0v) is 22.6. The van der Waals surface area contributed by atoms with E-state index < -0.39 is 0 Å². The van der Waals surface area contributed by atoms with Crippen molar-refractivity contribution in [2.24, 2.45) is 0 Å². The third-order valence-electron chi connectivity index (χ3n) is 10.3. The van der Waals surface area contributed by atoms with Gasteiger partial charge in [0.2, 0.25) is 0 Å². The molecule has 3 heteroatoms. The molecule has 3 aromatic carbocycles. The van der Waals surface area contributed by atoms with Crippen LogP contribution in [-0.2, 0) is 20.1 Å². The van der Waals surface area contributed by atoms with Gasteiger partial charge in [-0.05, 0) is 90.5 Å². The van der Waals surface area contributed by atoms with Crippen LogP contribution in [0.5, 0.6) is 0 Å². The maximum absolute atomic E-state index is 6.60. The third-order valence-corrected chi connectivity index (χ3v) is 10.3. The van der Waals surface area contributed by atoms with Crippen LogP contribution in [0.4, 0.5) is 0 Å². The van der Waals surface area contributed by atoms with Crippen LogP contribution in [0.15, 0.2) is 54.6 Å². The largest absolute Gasteiger partial charge is 0.495 e. The first-order chi connectivity index (χ1) is 17.1. The highest BCUT2D eigenvalue weighted by atomic mass is 16.7. The molecule has 1 saturated heterocycles. The number of fused-ring (bicyclic) bond motifs is 9. The zero-order valence-electron chi connectivity index (χ0n) is 22.6. The van der Waals surface area contributed by atoms with Gasteiger partial charge in [-0.1, -0.05) is 87.7 Å². The van der Waals surface area contributed by atoms with Gasteiger partial charge in [0, 0.05) is 10.8 Å². The van der Waals surface area contributed by atoms with Crippen molar-refractivity contribution in [1.29, 1.82) is 0 Å². The molecule has 2 nitrogen and oxygen atoms in total. The van der Waals surface area contributed by atoms with Gasteiger partial charge in [0.1, 0.15) is 0 Å². The minimum absolute atomic E-state index is 0.121. The second-order valence-corrected chi connectivity index (χ2v) is 13.1. The molecule has 0 atom stereocenters. The first kappa shape index (κ1) is 22.8. The second-order valence-electron chi connectivity index (χ2n) is 13.1. The van der Waals surface area contributed by atoms with Crippen LogP contribution in [0.3, 0.4) is 0 Å². The third kappa shape index (κ3) is 2.71. The van der Waals surface area contributed by atoms with Gasteiger partial charge in [-0.2, -0.15) is 0 Å². The van der Waals surface area contributed by atoms with E-state index in [2.05, 4.69) is 96.1 Å². The Kier molecular flexibility index (Phi) is 4.53. The van der Waals surface area contributed by atoms with E-state index >= 15 is 0 Å². The van der Waals surface area contributed by atoms with E-state index in [9.17, 15) is 0 Å². The number of rotatable bonds is 1. The van der Waals surface area contributed by atoms with Gasteiger partial charge < -0.3 is 9.31 Å². The molecule has 1 saturated carbocycles. The van der Waals surface area contributed by atoms with E-state index in [4.69, 9.17) is 9.31 Å². The highest BCUT2D eigenvalue weighted by Crippen LogP contribution is 2.62. The van der Waals surface area contributed by atoms with Crippen molar-refractivity contribution in [2.75, 3.05) is 0 Å². The SMILES string of the molecule is CC1(C)c2ccc3c(c2-c2cccc(B4OC(C)(C)C(C)(C)O4)c21)C1(CCCCC1)c1ccccc1-3. The van der Waals surface area contributed by atoms with Crippen molar-refractivity contribution in [3.63, 3.8) is 0 Å². The topological polar surface area (TPSA) is 18.5 Å². The summed E-state index contributed by atoms with van der Waals surface area (Å²) in [5, 5.41) is 0. The summed E-state index contributed by atoms with van der Waals surface area (Å²) in [5.74, 6) is 0. The first-order valence-electron chi connectivity index (χ1n) is 13.9. The molecule has 0 radical (unpaired) electrons. The minimum atomic E-state index is -0.356. The van der Waals surface area contributed by atoms with Crippen LogP contribution in [0.25, 0.3) is 22.3 Å². The Hall–Kier alpha value is -2.36. The Morgan fingerprint density at radius 2 is 1.28 bits per heavy atom. The molecular formula is C33H37BO2. The fourth-order valence-electron chi connectivity index (χ4n) is 7.85.